The van der Waals surface area contributed by atoms with E-state index in [2.05, 4.69) is 15.5 Å². The monoisotopic (exact) mass is 483 g/mol. The molecule has 9 heteroatoms. The van der Waals surface area contributed by atoms with E-state index < -0.39 is 30.4 Å². The molecule has 2 aromatic carbocycles. The van der Waals surface area contributed by atoms with Crippen molar-refractivity contribution in [3.05, 3.63) is 54.1 Å². The van der Waals surface area contributed by atoms with Crippen molar-refractivity contribution in [2.45, 2.75) is 26.8 Å². The van der Waals surface area contributed by atoms with Crippen molar-refractivity contribution in [1.29, 1.82) is 0 Å². The summed E-state index contributed by atoms with van der Waals surface area (Å²) in [5, 5.41) is 5.41. The lowest BCUT2D eigenvalue weighted by Crippen LogP contribution is -2.45. The Balaban J connectivity index is 1.49. The molecule has 1 fully saturated rings. The van der Waals surface area contributed by atoms with E-state index in [9.17, 15) is 14.4 Å². The average Bonchev–Trinajstić information content (AvgIpc) is 2.87. The fourth-order valence-electron chi connectivity index (χ4n) is 3.59. The van der Waals surface area contributed by atoms with Crippen molar-refractivity contribution in [3.63, 3.8) is 0 Å². The summed E-state index contributed by atoms with van der Waals surface area (Å²) in [6, 6.07) is 13.2. The van der Waals surface area contributed by atoms with Crippen LogP contribution in [0.25, 0.3) is 0 Å². The second-order valence-electron chi connectivity index (χ2n) is 8.45. The van der Waals surface area contributed by atoms with Crippen LogP contribution in [0.2, 0.25) is 0 Å². The molecule has 0 bridgehead atoms. The highest BCUT2D eigenvalue weighted by atomic mass is 16.5. The zero-order valence-corrected chi connectivity index (χ0v) is 20.4. The third-order valence-corrected chi connectivity index (χ3v) is 5.51. The molecule has 2 aromatic rings. The molecule has 1 aliphatic rings. The predicted octanol–water partition coefficient (Wildman–Crippen LogP) is 2.86. The van der Waals surface area contributed by atoms with E-state index in [1.165, 1.54) is 0 Å². The van der Waals surface area contributed by atoms with Gasteiger partial charge in [-0.25, -0.2) is 4.79 Å². The minimum atomic E-state index is -0.894. The topological polar surface area (TPSA) is 106 Å². The maximum absolute atomic E-state index is 12.6. The second kappa shape index (κ2) is 12.8. The third kappa shape index (κ3) is 7.71. The summed E-state index contributed by atoms with van der Waals surface area (Å²) in [5.74, 6) is -1.11. The lowest BCUT2D eigenvalue weighted by atomic mass is 10.0. The van der Waals surface area contributed by atoms with Crippen molar-refractivity contribution in [2.75, 3.05) is 49.7 Å². The maximum atomic E-state index is 12.6. The van der Waals surface area contributed by atoms with Crippen molar-refractivity contribution < 1.29 is 28.6 Å². The Morgan fingerprint density at radius 1 is 1.00 bits per heavy atom. The van der Waals surface area contributed by atoms with Gasteiger partial charge in [0, 0.05) is 30.0 Å². The minimum Gasteiger partial charge on any atom is -0.494 e. The standard InChI is InChI=1S/C26H33N3O6/c1-4-34-22-11-5-19(6-12-22)25(31)28-24(18(2)3)26(32)35-17-23(30)27-20-7-9-21(10-8-20)29-13-15-33-16-14-29/h5-12,18,24H,4,13-17H2,1-3H3,(H,27,30)(H,28,31)/t24-/m0/s1. The number of benzene rings is 2. The molecule has 0 saturated carbocycles. The molecular weight excluding hydrogens is 450 g/mol. The van der Waals surface area contributed by atoms with Crippen LogP contribution in [0.4, 0.5) is 11.4 Å². The Labute approximate surface area is 205 Å². The highest BCUT2D eigenvalue weighted by Gasteiger charge is 2.27. The van der Waals surface area contributed by atoms with Gasteiger partial charge in [-0.2, -0.15) is 0 Å². The van der Waals surface area contributed by atoms with E-state index in [-0.39, 0.29) is 5.92 Å². The molecule has 1 aliphatic heterocycles. The number of rotatable bonds is 10. The first-order valence-electron chi connectivity index (χ1n) is 11.8. The summed E-state index contributed by atoms with van der Waals surface area (Å²) in [5.41, 5.74) is 2.05. The van der Waals surface area contributed by atoms with E-state index in [0.29, 0.717) is 36.8 Å². The fraction of sp³-hybridized carbons (Fsp3) is 0.423. The smallest absolute Gasteiger partial charge is 0.329 e. The molecule has 9 nitrogen and oxygen atoms in total. The van der Waals surface area contributed by atoms with Gasteiger partial charge in [-0.05, 0) is 61.4 Å². The first-order valence-corrected chi connectivity index (χ1v) is 11.8. The molecule has 188 valence electrons. The Morgan fingerprint density at radius 3 is 2.26 bits per heavy atom. The van der Waals surface area contributed by atoms with E-state index in [1.54, 1.807) is 50.2 Å². The summed E-state index contributed by atoms with van der Waals surface area (Å²) in [7, 11) is 0. The van der Waals surface area contributed by atoms with E-state index >= 15 is 0 Å². The number of esters is 1. The van der Waals surface area contributed by atoms with E-state index in [1.807, 2.05) is 19.1 Å². The Hall–Kier alpha value is -3.59. The van der Waals surface area contributed by atoms with Crippen molar-refractivity contribution in [3.8, 4) is 5.75 Å². The zero-order valence-electron chi connectivity index (χ0n) is 20.4. The number of hydrogen-bond acceptors (Lipinski definition) is 7. The molecule has 2 N–H and O–H groups in total. The van der Waals surface area contributed by atoms with Gasteiger partial charge in [0.1, 0.15) is 11.8 Å². The van der Waals surface area contributed by atoms with Crippen molar-refractivity contribution in [2.24, 2.45) is 5.92 Å². The highest BCUT2D eigenvalue weighted by molar-refractivity contribution is 5.97. The van der Waals surface area contributed by atoms with Crippen LogP contribution >= 0.6 is 0 Å². The van der Waals surface area contributed by atoms with Crippen LogP contribution in [0.3, 0.4) is 0 Å². The molecule has 1 saturated heterocycles. The first kappa shape index (κ1) is 26.0. The largest absolute Gasteiger partial charge is 0.494 e. The second-order valence-corrected chi connectivity index (χ2v) is 8.45. The van der Waals surface area contributed by atoms with Gasteiger partial charge in [0.15, 0.2) is 6.61 Å². The Kier molecular flexibility index (Phi) is 9.48. The van der Waals surface area contributed by atoms with Crippen molar-refractivity contribution in [1.82, 2.24) is 5.32 Å². The van der Waals surface area contributed by atoms with Crippen LogP contribution in [0.1, 0.15) is 31.1 Å². The zero-order chi connectivity index (χ0) is 25.2. The summed E-state index contributed by atoms with van der Waals surface area (Å²) >= 11 is 0. The predicted molar refractivity (Wildman–Crippen MR) is 133 cm³/mol. The molecule has 35 heavy (non-hydrogen) atoms. The molecule has 0 radical (unpaired) electrons. The molecule has 2 amide bonds. The van der Waals surface area contributed by atoms with Gasteiger partial charge in [-0.1, -0.05) is 13.8 Å². The summed E-state index contributed by atoms with van der Waals surface area (Å²) < 4.78 is 15.9. The summed E-state index contributed by atoms with van der Waals surface area (Å²) in [6.07, 6.45) is 0. The van der Waals surface area contributed by atoms with Gasteiger partial charge in [0.2, 0.25) is 0 Å². The number of nitrogens with zero attached hydrogens (tertiary/aromatic N) is 1. The number of morpholine rings is 1. The first-order chi connectivity index (χ1) is 16.9. The number of ether oxygens (including phenoxy) is 3. The quantitative estimate of drug-likeness (QED) is 0.501. The van der Waals surface area contributed by atoms with Crippen LogP contribution in [0.15, 0.2) is 48.5 Å². The lowest BCUT2D eigenvalue weighted by molar-refractivity contribution is -0.150. The third-order valence-electron chi connectivity index (χ3n) is 5.51. The summed E-state index contributed by atoms with van der Waals surface area (Å²) in [6.45, 7) is 8.58. The lowest BCUT2D eigenvalue weighted by Gasteiger charge is -2.28. The van der Waals surface area contributed by atoms with Crippen LogP contribution < -0.4 is 20.3 Å². The normalized spacial score (nSPS) is 14.2. The van der Waals surface area contributed by atoms with Gasteiger partial charge in [-0.15, -0.1) is 0 Å². The van der Waals surface area contributed by atoms with Crippen molar-refractivity contribution >= 4 is 29.2 Å². The number of carbonyl (C=O) groups excluding carboxylic acids is 3. The maximum Gasteiger partial charge on any atom is 0.329 e. The van der Waals surface area contributed by atoms with Gasteiger partial charge in [-0.3, -0.25) is 9.59 Å². The Bertz CT molecular complexity index is 985. The van der Waals surface area contributed by atoms with Crippen LogP contribution in [-0.4, -0.2) is 63.3 Å². The average molecular weight is 484 g/mol. The van der Waals surface area contributed by atoms with E-state index in [0.717, 1.165) is 18.8 Å². The van der Waals surface area contributed by atoms with E-state index in [4.69, 9.17) is 14.2 Å². The van der Waals surface area contributed by atoms with Crippen LogP contribution in [0, 0.1) is 5.92 Å². The number of amides is 2. The van der Waals surface area contributed by atoms with Gasteiger partial charge in [0.25, 0.3) is 11.8 Å². The molecule has 3 rings (SSSR count). The van der Waals surface area contributed by atoms with Crippen LogP contribution in [0.5, 0.6) is 5.75 Å². The number of nitrogens with one attached hydrogen (secondary N) is 2. The minimum absolute atomic E-state index is 0.232. The number of carbonyl (C=O) groups is 3. The fourth-order valence-corrected chi connectivity index (χ4v) is 3.59. The molecule has 0 aliphatic carbocycles. The molecule has 0 aromatic heterocycles. The SMILES string of the molecule is CCOc1ccc(C(=O)N[C@H](C(=O)OCC(=O)Nc2ccc(N3CCOCC3)cc2)C(C)C)cc1. The molecule has 0 spiro atoms. The molecule has 1 atom stereocenters. The summed E-state index contributed by atoms with van der Waals surface area (Å²) in [4.78, 5) is 39.7. The van der Waals surface area contributed by atoms with Gasteiger partial charge < -0.3 is 29.7 Å². The molecule has 0 unspecified atom stereocenters. The van der Waals surface area contributed by atoms with Gasteiger partial charge >= 0.3 is 5.97 Å². The molecular formula is C26H33N3O6. The number of hydrogen-bond donors (Lipinski definition) is 2. The molecule has 1 heterocycles. The Morgan fingerprint density at radius 2 is 1.66 bits per heavy atom. The van der Waals surface area contributed by atoms with Crippen LogP contribution in [-0.2, 0) is 19.1 Å². The number of anilines is 2. The van der Waals surface area contributed by atoms with Gasteiger partial charge in [0.05, 0.1) is 19.8 Å². The highest BCUT2D eigenvalue weighted by Crippen LogP contribution is 2.19.